The molecule has 22 heavy (non-hydrogen) atoms. The Morgan fingerprint density at radius 2 is 2.00 bits per heavy atom. The van der Waals surface area contributed by atoms with Crippen LogP contribution in [-0.4, -0.2) is 44.2 Å². The molecule has 1 atom stereocenters. The third-order valence-electron chi connectivity index (χ3n) is 3.59. The van der Waals surface area contributed by atoms with Crippen molar-refractivity contribution in [3.05, 3.63) is 30.3 Å². The Labute approximate surface area is 130 Å². The van der Waals surface area contributed by atoms with Crippen molar-refractivity contribution in [2.45, 2.75) is 24.7 Å². The van der Waals surface area contributed by atoms with Crippen molar-refractivity contribution >= 4 is 21.8 Å². The van der Waals surface area contributed by atoms with Gasteiger partial charge in [-0.1, -0.05) is 18.2 Å². The highest BCUT2D eigenvalue weighted by Crippen LogP contribution is 2.24. The topological polar surface area (TPSA) is 80.8 Å². The first-order valence-electron chi connectivity index (χ1n) is 7.18. The van der Waals surface area contributed by atoms with E-state index >= 15 is 0 Å². The molecule has 1 heterocycles. The number of sulfonamides is 1. The van der Waals surface area contributed by atoms with Gasteiger partial charge in [-0.2, -0.15) is 4.31 Å². The van der Waals surface area contributed by atoms with Crippen molar-refractivity contribution < 1.29 is 22.7 Å². The van der Waals surface area contributed by atoms with Crippen molar-refractivity contribution in [1.82, 2.24) is 4.31 Å². The summed E-state index contributed by atoms with van der Waals surface area (Å²) >= 11 is 0. The number of Topliss-reactive ketones (excluding diaryl/α,β-unsaturated/α-hetero) is 1. The summed E-state index contributed by atoms with van der Waals surface area (Å²) in [7, 11) is -3.66. The van der Waals surface area contributed by atoms with Gasteiger partial charge in [0.25, 0.3) is 0 Å². The van der Waals surface area contributed by atoms with Gasteiger partial charge < -0.3 is 4.74 Å². The number of carbonyl (C=O) groups excluding carboxylic acids is 2. The number of ether oxygens (including phenoxy) is 1. The van der Waals surface area contributed by atoms with E-state index in [9.17, 15) is 18.0 Å². The summed E-state index contributed by atoms with van der Waals surface area (Å²) in [4.78, 5) is 23.5. The van der Waals surface area contributed by atoms with Crippen LogP contribution in [0.5, 0.6) is 0 Å². The summed E-state index contributed by atoms with van der Waals surface area (Å²) in [6.07, 6.45) is 0.446. The SMILES string of the molecule is CCOC(=O)CCC1CN(S(=O)(=O)c2ccccc2)CC1=O. The van der Waals surface area contributed by atoms with Gasteiger partial charge in [0.1, 0.15) is 0 Å². The van der Waals surface area contributed by atoms with Crippen LogP contribution in [0.15, 0.2) is 35.2 Å². The van der Waals surface area contributed by atoms with Crippen LogP contribution < -0.4 is 0 Å². The summed E-state index contributed by atoms with van der Waals surface area (Å²) in [5.41, 5.74) is 0. The number of benzene rings is 1. The van der Waals surface area contributed by atoms with Crippen LogP contribution >= 0.6 is 0 Å². The number of carbonyl (C=O) groups is 2. The number of ketones is 1. The van der Waals surface area contributed by atoms with Crippen LogP contribution in [0.1, 0.15) is 19.8 Å². The van der Waals surface area contributed by atoms with Gasteiger partial charge in [0.05, 0.1) is 18.0 Å². The predicted molar refractivity (Wildman–Crippen MR) is 79.6 cm³/mol. The molecule has 2 rings (SSSR count). The van der Waals surface area contributed by atoms with Crippen LogP contribution in [0.3, 0.4) is 0 Å². The molecule has 1 aromatic rings. The van der Waals surface area contributed by atoms with Gasteiger partial charge in [0, 0.05) is 18.9 Å². The smallest absolute Gasteiger partial charge is 0.305 e. The van der Waals surface area contributed by atoms with E-state index in [1.54, 1.807) is 25.1 Å². The Kier molecular flexibility index (Phi) is 5.31. The second-order valence-electron chi connectivity index (χ2n) is 5.12. The van der Waals surface area contributed by atoms with Gasteiger partial charge in [-0.15, -0.1) is 0 Å². The van der Waals surface area contributed by atoms with E-state index in [1.807, 2.05) is 0 Å². The van der Waals surface area contributed by atoms with Crippen molar-refractivity contribution in [3.63, 3.8) is 0 Å². The summed E-state index contributed by atoms with van der Waals surface area (Å²) < 4.78 is 30.9. The fraction of sp³-hybridized carbons (Fsp3) is 0.467. The molecule has 1 saturated heterocycles. The lowest BCUT2D eigenvalue weighted by Crippen LogP contribution is -2.29. The molecule has 7 heteroatoms. The lowest BCUT2D eigenvalue weighted by molar-refractivity contribution is -0.143. The monoisotopic (exact) mass is 325 g/mol. The Bertz CT molecular complexity index is 641. The molecule has 1 aliphatic rings. The van der Waals surface area contributed by atoms with Crippen LogP contribution in [0.2, 0.25) is 0 Å². The average molecular weight is 325 g/mol. The van der Waals surface area contributed by atoms with Gasteiger partial charge >= 0.3 is 5.97 Å². The number of hydrogen-bond donors (Lipinski definition) is 0. The summed E-state index contributed by atoms with van der Waals surface area (Å²) in [6.45, 7) is 2.00. The van der Waals surface area contributed by atoms with Crippen molar-refractivity contribution in [2.24, 2.45) is 5.92 Å². The summed E-state index contributed by atoms with van der Waals surface area (Å²) in [5.74, 6) is -0.952. The van der Waals surface area contributed by atoms with E-state index in [0.29, 0.717) is 13.0 Å². The molecule has 1 aliphatic heterocycles. The van der Waals surface area contributed by atoms with Gasteiger partial charge in [-0.05, 0) is 25.5 Å². The van der Waals surface area contributed by atoms with E-state index in [1.165, 1.54) is 16.4 Å². The molecule has 0 spiro atoms. The largest absolute Gasteiger partial charge is 0.466 e. The highest BCUT2D eigenvalue weighted by Gasteiger charge is 2.38. The van der Waals surface area contributed by atoms with Crippen LogP contribution in [0.25, 0.3) is 0 Å². The summed E-state index contributed by atoms with van der Waals surface area (Å²) in [6, 6.07) is 8.03. The Hall–Kier alpha value is -1.73. The molecule has 1 unspecified atom stereocenters. The Morgan fingerprint density at radius 3 is 2.64 bits per heavy atom. The highest BCUT2D eigenvalue weighted by atomic mass is 32.2. The zero-order valence-electron chi connectivity index (χ0n) is 12.4. The van der Waals surface area contributed by atoms with Crippen LogP contribution in [0.4, 0.5) is 0 Å². The molecule has 6 nitrogen and oxygen atoms in total. The molecule has 0 radical (unpaired) electrons. The number of rotatable bonds is 6. The zero-order valence-corrected chi connectivity index (χ0v) is 13.2. The number of hydrogen-bond acceptors (Lipinski definition) is 5. The lowest BCUT2D eigenvalue weighted by atomic mass is 10.0. The number of esters is 1. The fourth-order valence-corrected chi connectivity index (χ4v) is 3.89. The van der Waals surface area contributed by atoms with Gasteiger partial charge in [-0.3, -0.25) is 9.59 Å². The maximum absolute atomic E-state index is 12.4. The minimum atomic E-state index is -3.66. The first-order valence-corrected chi connectivity index (χ1v) is 8.62. The maximum atomic E-state index is 12.4. The molecule has 0 aliphatic carbocycles. The zero-order chi connectivity index (χ0) is 16.2. The van der Waals surface area contributed by atoms with Gasteiger partial charge in [-0.25, -0.2) is 8.42 Å². The normalized spacial score (nSPS) is 19.3. The molecule has 0 aromatic heterocycles. The molecule has 120 valence electrons. The molecular weight excluding hydrogens is 306 g/mol. The maximum Gasteiger partial charge on any atom is 0.305 e. The molecule has 0 amide bonds. The predicted octanol–water partition coefficient (Wildman–Crippen LogP) is 1.22. The molecular formula is C15H19NO5S. The first-order chi connectivity index (χ1) is 10.4. The quantitative estimate of drug-likeness (QED) is 0.735. The molecule has 1 aromatic carbocycles. The molecule has 0 saturated carbocycles. The Balaban J connectivity index is 2.01. The van der Waals surface area contributed by atoms with Gasteiger partial charge in [0.15, 0.2) is 5.78 Å². The fourth-order valence-electron chi connectivity index (χ4n) is 2.42. The van der Waals surface area contributed by atoms with Crippen molar-refractivity contribution in [3.8, 4) is 0 Å². The minimum absolute atomic E-state index is 0.121. The second-order valence-corrected chi connectivity index (χ2v) is 7.06. The van der Waals surface area contributed by atoms with Crippen LogP contribution in [0, 0.1) is 5.92 Å². The Morgan fingerprint density at radius 1 is 1.32 bits per heavy atom. The van der Waals surface area contributed by atoms with E-state index in [4.69, 9.17) is 4.74 Å². The highest BCUT2D eigenvalue weighted by molar-refractivity contribution is 7.89. The van der Waals surface area contributed by atoms with Gasteiger partial charge in [0.2, 0.25) is 10.0 Å². The minimum Gasteiger partial charge on any atom is -0.466 e. The van der Waals surface area contributed by atoms with Crippen molar-refractivity contribution in [1.29, 1.82) is 0 Å². The van der Waals surface area contributed by atoms with Crippen LogP contribution in [-0.2, 0) is 24.3 Å². The summed E-state index contributed by atoms with van der Waals surface area (Å²) in [5, 5.41) is 0. The molecule has 0 bridgehead atoms. The molecule has 1 fully saturated rings. The molecule has 0 N–H and O–H groups in total. The standard InChI is InChI=1S/C15H19NO5S/c1-2-21-15(18)9-8-12-10-16(11-14(12)17)22(19,20)13-6-4-3-5-7-13/h3-7,12H,2,8-11H2,1H3. The first kappa shape index (κ1) is 16.6. The lowest BCUT2D eigenvalue weighted by Gasteiger charge is -2.15. The van der Waals surface area contributed by atoms with Crippen molar-refractivity contribution in [2.75, 3.05) is 19.7 Å². The third kappa shape index (κ3) is 3.72. The second kappa shape index (κ2) is 7.02. The van der Waals surface area contributed by atoms with E-state index in [-0.39, 0.29) is 36.2 Å². The van der Waals surface area contributed by atoms with E-state index in [0.717, 1.165) is 0 Å². The van der Waals surface area contributed by atoms with E-state index < -0.39 is 15.9 Å². The van der Waals surface area contributed by atoms with E-state index in [2.05, 4.69) is 0 Å². The number of nitrogens with zero attached hydrogens (tertiary/aromatic N) is 1. The third-order valence-corrected chi connectivity index (χ3v) is 5.42. The average Bonchev–Trinajstić information content (AvgIpc) is 2.88.